The summed E-state index contributed by atoms with van der Waals surface area (Å²) in [5.41, 5.74) is 0. The van der Waals surface area contributed by atoms with Crippen LogP contribution < -0.4 is 5.32 Å². The van der Waals surface area contributed by atoms with Crippen molar-refractivity contribution in [1.82, 2.24) is 5.32 Å². The minimum atomic E-state index is 0.259. The minimum absolute atomic E-state index is 0.259. The molecule has 0 fully saturated rings. The highest BCUT2D eigenvalue weighted by atomic mass is 16.5. The first-order valence-electron chi connectivity index (χ1n) is 4.54. The van der Waals surface area contributed by atoms with E-state index in [9.17, 15) is 0 Å². The average molecular weight is 175 g/mol. The highest BCUT2D eigenvalue weighted by Gasteiger charge is 2.12. The molecular weight excluding hydrogens is 154 g/mol. The summed E-state index contributed by atoms with van der Waals surface area (Å²) in [6.45, 7) is 5.58. The van der Waals surface area contributed by atoms with E-state index in [1.165, 1.54) is 0 Å². The molecule has 0 spiro atoms. The van der Waals surface area contributed by atoms with Gasteiger partial charge in [0, 0.05) is 13.2 Å². The molecule has 0 saturated carbocycles. The van der Waals surface area contributed by atoms with Gasteiger partial charge in [-0.05, 0) is 20.4 Å². The topological polar surface area (TPSA) is 30.5 Å². The molecule has 0 heterocycles. The lowest BCUT2D eigenvalue weighted by atomic mass is 10.1. The molecule has 3 nitrogen and oxygen atoms in total. The van der Waals surface area contributed by atoms with E-state index in [1.807, 2.05) is 7.05 Å². The third kappa shape index (κ3) is 4.70. The summed E-state index contributed by atoms with van der Waals surface area (Å²) < 4.78 is 10.4. The van der Waals surface area contributed by atoms with Crippen molar-refractivity contribution in [3.8, 4) is 0 Å². The maximum atomic E-state index is 5.54. The Kier molecular flexibility index (Phi) is 7.45. The van der Waals surface area contributed by atoms with Gasteiger partial charge in [-0.15, -0.1) is 0 Å². The number of likely N-dealkylation sites (N-methyl/N-ethyl adjacent to an activating group) is 1. The van der Waals surface area contributed by atoms with Gasteiger partial charge in [0.2, 0.25) is 0 Å². The normalized spacial score (nSPS) is 16.0. The van der Waals surface area contributed by atoms with Gasteiger partial charge in [-0.1, -0.05) is 6.92 Å². The smallest absolute Gasteiger partial charge is 0.0704 e. The van der Waals surface area contributed by atoms with Crippen LogP contribution in [0, 0.1) is 0 Å². The fourth-order valence-electron chi connectivity index (χ4n) is 1.20. The van der Waals surface area contributed by atoms with Gasteiger partial charge in [-0.2, -0.15) is 0 Å². The highest BCUT2D eigenvalue weighted by Crippen LogP contribution is 2.01. The molecule has 0 aromatic carbocycles. The second-order valence-corrected chi connectivity index (χ2v) is 2.87. The maximum Gasteiger partial charge on any atom is 0.0704 e. The predicted molar refractivity (Wildman–Crippen MR) is 50.4 cm³/mol. The molecule has 0 rings (SSSR count). The standard InChI is InChI=1S/C9H21NO2/c1-5-9(10-3)8(2)12-7-6-11-4/h8-10H,5-7H2,1-4H3. The van der Waals surface area contributed by atoms with Crippen LogP contribution in [0.25, 0.3) is 0 Å². The molecule has 3 heteroatoms. The minimum Gasteiger partial charge on any atom is -0.382 e. The second kappa shape index (κ2) is 7.53. The van der Waals surface area contributed by atoms with Gasteiger partial charge in [0.25, 0.3) is 0 Å². The van der Waals surface area contributed by atoms with E-state index in [0.717, 1.165) is 6.42 Å². The van der Waals surface area contributed by atoms with Crippen LogP contribution in [0.15, 0.2) is 0 Å². The van der Waals surface area contributed by atoms with Crippen molar-refractivity contribution in [1.29, 1.82) is 0 Å². The van der Waals surface area contributed by atoms with Crippen LogP contribution in [0.3, 0.4) is 0 Å². The summed E-state index contributed by atoms with van der Waals surface area (Å²) in [6, 6.07) is 0.446. The Hall–Kier alpha value is -0.120. The van der Waals surface area contributed by atoms with Gasteiger partial charge in [0.05, 0.1) is 19.3 Å². The number of nitrogens with one attached hydrogen (secondary N) is 1. The third-order valence-electron chi connectivity index (χ3n) is 2.05. The first-order chi connectivity index (χ1) is 5.76. The van der Waals surface area contributed by atoms with E-state index < -0.39 is 0 Å². The van der Waals surface area contributed by atoms with Crippen molar-refractivity contribution in [2.75, 3.05) is 27.4 Å². The molecule has 12 heavy (non-hydrogen) atoms. The molecule has 0 saturated heterocycles. The molecule has 2 unspecified atom stereocenters. The molecule has 0 aromatic rings. The molecule has 0 aliphatic heterocycles. The Morgan fingerprint density at radius 3 is 2.42 bits per heavy atom. The first-order valence-corrected chi connectivity index (χ1v) is 4.54. The van der Waals surface area contributed by atoms with Crippen molar-refractivity contribution < 1.29 is 9.47 Å². The van der Waals surface area contributed by atoms with Crippen molar-refractivity contribution in [2.24, 2.45) is 0 Å². The van der Waals surface area contributed by atoms with Gasteiger partial charge in [-0.25, -0.2) is 0 Å². The maximum absolute atomic E-state index is 5.54. The largest absolute Gasteiger partial charge is 0.382 e. The van der Waals surface area contributed by atoms with Gasteiger partial charge in [0.1, 0.15) is 0 Å². The van der Waals surface area contributed by atoms with Gasteiger partial charge < -0.3 is 14.8 Å². The molecule has 0 amide bonds. The Bertz CT molecular complexity index is 94.5. The van der Waals surface area contributed by atoms with Crippen molar-refractivity contribution in [3.05, 3.63) is 0 Å². The van der Waals surface area contributed by atoms with E-state index in [2.05, 4.69) is 19.2 Å². The zero-order valence-electron chi connectivity index (χ0n) is 8.59. The van der Waals surface area contributed by atoms with Crippen LogP contribution in [0.4, 0.5) is 0 Å². The van der Waals surface area contributed by atoms with E-state index in [-0.39, 0.29) is 6.10 Å². The number of rotatable bonds is 7. The van der Waals surface area contributed by atoms with E-state index in [4.69, 9.17) is 9.47 Å². The van der Waals surface area contributed by atoms with E-state index in [0.29, 0.717) is 19.3 Å². The highest BCUT2D eigenvalue weighted by molar-refractivity contribution is 4.69. The Morgan fingerprint density at radius 2 is 2.00 bits per heavy atom. The molecular formula is C9H21NO2. The van der Waals surface area contributed by atoms with E-state index >= 15 is 0 Å². The lowest BCUT2D eigenvalue weighted by Gasteiger charge is -2.22. The Balaban J connectivity index is 3.47. The lowest BCUT2D eigenvalue weighted by molar-refractivity contribution is 0.00843. The van der Waals surface area contributed by atoms with Crippen LogP contribution >= 0.6 is 0 Å². The summed E-state index contributed by atoms with van der Waals surface area (Å²) in [5, 5.41) is 3.21. The predicted octanol–water partition coefficient (Wildman–Crippen LogP) is 1.04. The zero-order chi connectivity index (χ0) is 9.40. The molecule has 0 aliphatic rings. The number of hydrogen-bond donors (Lipinski definition) is 1. The summed E-state index contributed by atoms with van der Waals surface area (Å²) in [6.07, 6.45) is 1.35. The second-order valence-electron chi connectivity index (χ2n) is 2.87. The van der Waals surface area contributed by atoms with Crippen LogP contribution in [0.5, 0.6) is 0 Å². The molecule has 2 atom stereocenters. The zero-order valence-corrected chi connectivity index (χ0v) is 8.59. The first kappa shape index (κ1) is 11.9. The molecule has 0 bridgehead atoms. The van der Waals surface area contributed by atoms with E-state index in [1.54, 1.807) is 7.11 Å². The molecule has 0 radical (unpaired) electrons. The van der Waals surface area contributed by atoms with Crippen LogP contribution in [-0.4, -0.2) is 39.5 Å². The fourth-order valence-corrected chi connectivity index (χ4v) is 1.20. The number of ether oxygens (including phenoxy) is 2. The van der Waals surface area contributed by atoms with Crippen molar-refractivity contribution in [2.45, 2.75) is 32.4 Å². The monoisotopic (exact) mass is 175 g/mol. The Labute approximate surface area is 75.4 Å². The Morgan fingerprint density at radius 1 is 1.33 bits per heavy atom. The molecule has 1 N–H and O–H groups in total. The molecule has 0 aliphatic carbocycles. The number of methoxy groups -OCH3 is 1. The summed E-state index contributed by atoms with van der Waals surface area (Å²) >= 11 is 0. The van der Waals surface area contributed by atoms with Gasteiger partial charge in [-0.3, -0.25) is 0 Å². The van der Waals surface area contributed by atoms with Gasteiger partial charge in [0.15, 0.2) is 0 Å². The van der Waals surface area contributed by atoms with Crippen molar-refractivity contribution >= 4 is 0 Å². The van der Waals surface area contributed by atoms with Crippen LogP contribution in [0.1, 0.15) is 20.3 Å². The SMILES string of the molecule is CCC(NC)C(C)OCCOC. The number of hydrogen-bond acceptors (Lipinski definition) is 3. The average Bonchev–Trinajstić information content (AvgIpc) is 2.07. The summed E-state index contributed by atoms with van der Waals surface area (Å²) in [5.74, 6) is 0. The summed E-state index contributed by atoms with van der Waals surface area (Å²) in [7, 11) is 3.65. The van der Waals surface area contributed by atoms with Crippen LogP contribution in [-0.2, 0) is 9.47 Å². The van der Waals surface area contributed by atoms with Crippen molar-refractivity contribution in [3.63, 3.8) is 0 Å². The lowest BCUT2D eigenvalue weighted by Crippen LogP contribution is -2.37. The molecule has 0 aromatic heterocycles. The fraction of sp³-hybridized carbons (Fsp3) is 1.00. The van der Waals surface area contributed by atoms with Crippen LogP contribution in [0.2, 0.25) is 0 Å². The summed E-state index contributed by atoms with van der Waals surface area (Å²) in [4.78, 5) is 0. The third-order valence-corrected chi connectivity index (χ3v) is 2.05. The quantitative estimate of drug-likeness (QED) is 0.586. The van der Waals surface area contributed by atoms with Gasteiger partial charge >= 0.3 is 0 Å². The molecule has 74 valence electrons.